The van der Waals surface area contributed by atoms with Gasteiger partial charge in [-0.05, 0) is 45.0 Å². The Morgan fingerprint density at radius 3 is 2.75 bits per heavy atom. The molecule has 2 rings (SSSR count). The molecule has 0 saturated carbocycles. The number of benzene rings is 1. The largest absolute Gasteiger partial charge is 0.398 e. The summed E-state index contributed by atoms with van der Waals surface area (Å²) in [4.78, 5) is 14.6. The fourth-order valence-electron chi connectivity index (χ4n) is 2.65. The molecule has 1 fully saturated rings. The van der Waals surface area contributed by atoms with E-state index in [1.54, 1.807) is 18.2 Å². The summed E-state index contributed by atoms with van der Waals surface area (Å²) in [6, 6.07) is 5.19. The van der Waals surface area contributed by atoms with Gasteiger partial charge in [-0.1, -0.05) is 24.1 Å². The highest BCUT2D eigenvalue weighted by Gasteiger charge is 2.18. The molecule has 0 bridgehead atoms. The summed E-state index contributed by atoms with van der Waals surface area (Å²) in [5, 5.41) is 3.38. The number of nitrogen functional groups attached to an aromatic ring is 1. The number of rotatable bonds is 4. The van der Waals surface area contributed by atoms with Crippen molar-refractivity contribution in [3.8, 4) is 0 Å². The predicted molar refractivity (Wildman–Crippen MR) is 83.1 cm³/mol. The average molecular weight is 296 g/mol. The van der Waals surface area contributed by atoms with Crippen molar-refractivity contribution in [2.24, 2.45) is 0 Å². The molecule has 3 N–H and O–H groups in total. The van der Waals surface area contributed by atoms with E-state index in [0.29, 0.717) is 16.3 Å². The Kier molecular flexibility index (Phi) is 5.26. The summed E-state index contributed by atoms with van der Waals surface area (Å²) in [5.74, 6) is -0.197. The number of nitrogens with two attached hydrogens (primary N) is 1. The maximum atomic E-state index is 12.2. The van der Waals surface area contributed by atoms with Gasteiger partial charge in [-0.2, -0.15) is 0 Å². The van der Waals surface area contributed by atoms with Gasteiger partial charge in [0.1, 0.15) is 0 Å². The lowest BCUT2D eigenvalue weighted by atomic mass is 10.1. The number of hydrogen-bond acceptors (Lipinski definition) is 3. The molecule has 20 heavy (non-hydrogen) atoms. The minimum absolute atomic E-state index is 0.0799. The molecule has 1 heterocycles. The molecule has 5 heteroatoms. The van der Waals surface area contributed by atoms with E-state index in [1.165, 1.54) is 19.3 Å². The van der Waals surface area contributed by atoms with E-state index in [-0.39, 0.29) is 11.9 Å². The predicted octanol–water partition coefficient (Wildman–Crippen LogP) is 2.53. The van der Waals surface area contributed by atoms with Crippen molar-refractivity contribution in [1.82, 2.24) is 10.2 Å². The van der Waals surface area contributed by atoms with Crippen LogP contribution in [0.1, 0.15) is 36.5 Å². The molecule has 1 aromatic carbocycles. The zero-order valence-electron chi connectivity index (χ0n) is 11.9. The Balaban J connectivity index is 1.93. The number of nitrogens with zero attached hydrogens (tertiary/aromatic N) is 1. The maximum absolute atomic E-state index is 12.2. The van der Waals surface area contributed by atoms with Crippen molar-refractivity contribution in [2.75, 3.05) is 25.4 Å². The van der Waals surface area contributed by atoms with Gasteiger partial charge in [0.15, 0.2) is 0 Å². The van der Waals surface area contributed by atoms with Gasteiger partial charge >= 0.3 is 0 Å². The third-order valence-electron chi connectivity index (χ3n) is 3.63. The van der Waals surface area contributed by atoms with Crippen molar-refractivity contribution >= 4 is 23.2 Å². The number of anilines is 1. The van der Waals surface area contributed by atoms with Gasteiger partial charge in [-0.25, -0.2) is 0 Å². The Hall–Kier alpha value is -1.26. The Morgan fingerprint density at radius 1 is 1.40 bits per heavy atom. The second-order valence-corrected chi connectivity index (χ2v) is 5.85. The molecular formula is C15H22ClN3O. The summed E-state index contributed by atoms with van der Waals surface area (Å²) >= 11 is 6.05. The highest BCUT2D eigenvalue weighted by atomic mass is 35.5. The van der Waals surface area contributed by atoms with Crippen LogP contribution in [0.4, 0.5) is 5.69 Å². The van der Waals surface area contributed by atoms with Crippen LogP contribution in [-0.2, 0) is 0 Å². The molecule has 1 atom stereocenters. The van der Waals surface area contributed by atoms with Crippen LogP contribution in [0.25, 0.3) is 0 Å². The number of amides is 1. The van der Waals surface area contributed by atoms with Crippen LogP contribution >= 0.6 is 11.6 Å². The van der Waals surface area contributed by atoms with Crippen molar-refractivity contribution in [2.45, 2.75) is 32.2 Å². The third-order valence-corrected chi connectivity index (χ3v) is 3.95. The number of carbonyl (C=O) groups is 1. The number of likely N-dealkylation sites (tertiary alicyclic amines) is 1. The molecular weight excluding hydrogens is 274 g/mol. The molecule has 0 aromatic heterocycles. The summed E-state index contributed by atoms with van der Waals surface area (Å²) in [6.45, 7) is 5.12. The molecule has 1 aliphatic rings. The molecule has 1 unspecified atom stereocenters. The first-order chi connectivity index (χ1) is 9.58. The van der Waals surface area contributed by atoms with E-state index in [4.69, 9.17) is 17.3 Å². The smallest absolute Gasteiger partial charge is 0.255 e. The zero-order valence-corrected chi connectivity index (χ0v) is 12.6. The number of halogens is 1. The topological polar surface area (TPSA) is 58.4 Å². The molecule has 0 radical (unpaired) electrons. The summed E-state index contributed by atoms with van der Waals surface area (Å²) in [5.41, 5.74) is 6.62. The van der Waals surface area contributed by atoms with Crippen molar-refractivity contribution in [3.05, 3.63) is 28.8 Å². The van der Waals surface area contributed by atoms with E-state index >= 15 is 0 Å². The summed E-state index contributed by atoms with van der Waals surface area (Å²) in [6.07, 6.45) is 3.81. The van der Waals surface area contributed by atoms with Gasteiger partial charge in [-0.3, -0.25) is 4.79 Å². The monoisotopic (exact) mass is 295 g/mol. The standard InChI is InChI=1S/C15H22ClN3O/c1-11(10-19-8-3-2-4-9-19)18-15(20)14-12(16)6-5-7-13(14)17/h5-7,11H,2-4,8-10,17H2,1H3,(H,18,20). The van der Waals surface area contributed by atoms with E-state index in [9.17, 15) is 4.79 Å². The lowest BCUT2D eigenvalue weighted by Gasteiger charge is -2.29. The first-order valence-corrected chi connectivity index (χ1v) is 7.53. The minimum Gasteiger partial charge on any atom is -0.398 e. The van der Waals surface area contributed by atoms with Gasteiger partial charge in [-0.15, -0.1) is 0 Å². The Labute approximate surface area is 125 Å². The third kappa shape index (κ3) is 3.87. The molecule has 0 aliphatic carbocycles. The SMILES string of the molecule is CC(CN1CCCCC1)NC(=O)c1c(N)cccc1Cl. The first kappa shape index (κ1) is 15.1. The molecule has 4 nitrogen and oxygen atoms in total. The number of piperidine rings is 1. The molecule has 1 aliphatic heterocycles. The summed E-state index contributed by atoms with van der Waals surface area (Å²) in [7, 11) is 0. The van der Waals surface area contributed by atoms with E-state index < -0.39 is 0 Å². The van der Waals surface area contributed by atoms with Gasteiger partial charge in [0.05, 0.1) is 10.6 Å². The number of hydrogen-bond donors (Lipinski definition) is 2. The fourth-order valence-corrected chi connectivity index (χ4v) is 2.92. The van der Waals surface area contributed by atoms with Crippen LogP contribution in [0.2, 0.25) is 5.02 Å². The second-order valence-electron chi connectivity index (χ2n) is 5.44. The molecule has 1 aromatic rings. The fraction of sp³-hybridized carbons (Fsp3) is 0.533. The van der Waals surface area contributed by atoms with Crippen LogP contribution in [0.3, 0.4) is 0 Å². The lowest BCUT2D eigenvalue weighted by Crippen LogP contribution is -2.43. The van der Waals surface area contributed by atoms with Crippen LogP contribution < -0.4 is 11.1 Å². The average Bonchev–Trinajstić information content (AvgIpc) is 2.39. The molecule has 0 spiro atoms. The highest BCUT2D eigenvalue weighted by molar-refractivity contribution is 6.34. The van der Waals surface area contributed by atoms with Crippen LogP contribution in [0.15, 0.2) is 18.2 Å². The van der Waals surface area contributed by atoms with Crippen LogP contribution in [0.5, 0.6) is 0 Å². The van der Waals surface area contributed by atoms with E-state index in [0.717, 1.165) is 19.6 Å². The van der Waals surface area contributed by atoms with Gasteiger partial charge in [0.25, 0.3) is 5.91 Å². The van der Waals surface area contributed by atoms with Crippen molar-refractivity contribution < 1.29 is 4.79 Å². The minimum atomic E-state index is -0.197. The molecule has 1 saturated heterocycles. The quantitative estimate of drug-likeness (QED) is 0.839. The highest BCUT2D eigenvalue weighted by Crippen LogP contribution is 2.21. The molecule has 110 valence electrons. The van der Waals surface area contributed by atoms with Crippen LogP contribution in [-0.4, -0.2) is 36.5 Å². The van der Waals surface area contributed by atoms with Crippen LogP contribution in [0, 0.1) is 0 Å². The van der Waals surface area contributed by atoms with Crippen molar-refractivity contribution in [3.63, 3.8) is 0 Å². The van der Waals surface area contributed by atoms with Crippen molar-refractivity contribution in [1.29, 1.82) is 0 Å². The second kappa shape index (κ2) is 6.95. The normalized spacial score (nSPS) is 17.7. The summed E-state index contributed by atoms with van der Waals surface area (Å²) < 4.78 is 0. The van der Waals surface area contributed by atoms with E-state index in [2.05, 4.69) is 10.2 Å². The maximum Gasteiger partial charge on any atom is 0.255 e. The number of nitrogens with one attached hydrogen (secondary N) is 1. The zero-order chi connectivity index (χ0) is 14.5. The van der Waals surface area contributed by atoms with E-state index in [1.807, 2.05) is 6.92 Å². The molecule has 1 amide bonds. The Morgan fingerprint density at radius 2 is 2.10 bits per heavy atom. The Bertz CT molecular complexity index is 452. The van der Waals surface area contributed by atoms with Gasteiger partial charge < -0.3 is 16.0 Å². The lowest BCUT2D eigenvalue weighted by molar-refractivity contribution is 0.0926. The van der Waals surface area contributed by atoms with Gasteiger partial charge in [0, 0.05) is 18.3 Å². The first-order valence-electron chi connectivity index (χ1n) is 7.15. The van der Waals surface area contributed by atoms with Gasteiger partial charge in [0.2, 0.25) is 0 Å². The number of carbonyl (C=O) groups excluding carboxylic acids is 1.